The van der Waals surface area contributed by atoms with Gasteiger partial charge in [-0.15, -0.1) is 8.58 Å². The van der Waals surface area contributed by atoms with Crippen molar-refractivity contribution in [3.05, 3.63) is 132 Å². The molecule has 0 aromatic heterocycles. The fourth-order valence-corrected chi connectivity index (χ4v) is 7.12. The highest BCUT2D eigenvalue weighted by molar-refractivity contribution is 7.39. The van der Waals surface area contributed by atoms with Crippen molar-refractivity contribution >= 4 is 31.6 Å². The summed E-state index contributed by atoms with van der Waals surface area (Å²) in [6.45, 7) is 17.8. The number of benzene rings is 5. The number of hydrogen-bond donors (Lipinski definition) is 0. The van der Waals surface area contributed by atoms with Gasteiger partial charge in [0.15, 0.2) is 0 Å². The van der Waals surface area contributed by atoms with Gasteiger partial charge in [0.05, 0.1) is 29.7 Å². The maximum atomic E-state index is 11.7. The van der Waals surface area contributed by atoms with Crippen LogP contribution in [0.15, 0.2) is 132 Å². The second-order valence-electron chi connectivity index (χ2n) is 14.9. The fourth-order valence-electron chi connectivity index (χ4n) is 6.56. The summed E-state index contributed by atoms with van der Waals surface area (Å²) >= 11 is 0. The molecular formula is C50H62N3O6P. The molecule has 5 aromatic rings. The molecule has 9 nitrogen and oxygen atoms in total. The van der Waals surface area contributed by atoms with Crippen LogP contribution >= 0.6 is 8.58 Å². The standard InChI is InChI=1S/C50H62N3O6P/c1-8-49(6,56-36-14-13-35-55-48(54)37-60-12-5)38-15-25-43(26-16-38)58-46-31-33-47(34-32-46)59-50(7,9-2)39-17-27-44(28-18-39)57-45-29-21-41(22-30-45)52-51-40-19-23-42(24-20-40)53(10-3)11-4/h15-34,60H,8-14,35-37H2,1-7H3. The number of unbranched alkanes of at least 4 members (excludes halogenated alkanes) is 1. The smallest absolute Gasteiger partial charge is 0.309 e. The summed E-state index contributed by atoms with van der Waals surface area (Å²) in [7, 11) is 0.640. The Labute approximate surface area is 359 Å². The predicted octanol–water partition coefficient (Wildman–Crippen LogP) is 13.9. The quantitative estimate of drug-likeness (QED) is 0.0265. The molecule has 5 aromatic carbocycles. The Morgan fingerprint density at radius 1 is 0.567 bits per heavy atom. The van der Waals surface area contributed by atoms with Crippen molar-refractivity contribution in [1.82, 2.24) is 0 Å². The van der Waals surface area contributed by atoms with Crippen LogP contribution in [0.4, 0.5) is 17.1 Å². The normalized spacial score (nSPS) is 13.5. The van der Waals surface area contributed by atoms with Crippen LogP contribution in [-0.2, 0) is 25.5 Å². The topological polar surface area (TPSA) is 91.2 Å². The van der Waals surface area contributed by atoms with Gasteiger partial charge in [0.1, 0.15) is 34.3 Å². The lowest BCUT2D eigenvalue weighted by Gasteiger charge is -2.30. The van der Waals surface area contributed by atoms with E-state index in [4.69, 9.17) is 23.7 Å². The van der Waals surface area contributed by atoms with Crippen LogP contribution in [0.2, 0.25) is 0 Å². The number of carbonyl (C=O) groups is 1. The maximum Gasteiger partial charge on any atom is 0.309 e. The number of hydrogen-bond acceptors (Lipinski definition) is 9. The van der Waals surface area contributed by atoms with E-state index in [1.807, 2.05) is 84.9 Å². The summed E-state index contributed by atoms with van der Waals surface area (Å²) in [5, 5.41) is 8.80. The third-order valence-corrected chi connectivity index (χ3v) is 11.8. The Morgan fingerprint density at radius 3 is 1.48 bits per heavy atom. The van der Waals surface area contributed by atoms with Crippen molar-refractivity contribution in [2.45, 2.75) is 85.4 Å². The molecule has 318 valence electrons. The Bertz CT molecular complexity index is 2050. The fraction of sp³-hybridized carbons (Fsp3) is 0.380. The Hall–Kier alpha value is -5.24. The summed E-state index contributed by atoms with van der Waals surface area (Å²) in [4.78, 5) is 14.0. The van der Waals surface area contributed by atoms with Crippen molar-refractivity contribution in [3.8, 4) is 28.7 Å². The number of carbonyl (C=O) groups excluding carboxylic acids is 1. The van der Waals surface area contributed by atoms with E-state index in [2.05, 4.69) is 100.0 Å². The van der Waals surface area contributed by atoms with Crippen LogP contribution in [0, 0.1) is 0 Å². The van der Waals surface area contributed by atoms with Crippen molar-refractivity contribution in [1.29, 1.82) is 0 Å². The summed E-state index contributed by atoms with van der Waals surface area (Å²) in [5.74, 6) is 3.56. The van der Waals surface area contributed by atoms with Gasteiger partial charge in [-0.05, 0) is 168 Å². The molecule has 0 aliphatic heterocycles. The molecule has 0 saturated carbocycles. The van der Waals surface area contributed by atoms with Crippen LogP contribution < -0.4 is 19.1 Å². The van der Waals surface area contributed by atoms with Gasteiger partial charge in [0.25, 0.3) is 0 Å². The van der Waals surface area contributed by atoms with Gasteiger partial charge in [0, 0.05) is 25.4 Å². The first-order chi connectivity index (χ1) is 29.1. The van der Waals surface area contributed by atoms with E-state index < -0.39 is 11.2 Å². The number of rotatable bonds is 24. The van der Waals surface area contributed by atoms with Gasteiger partial charge in [-0.25, -0.2) is 0 Å². The molecule has 0 bridgehead atoms. The number of ether oxygens (including phenoxy) is 5. The van der Waals surface area contributed by atoms with Gasteiger partial charge >= 0.3 is 5.97 Å². The summed E-state index contributed by atoms with van der Waals surface area (Å²) < 4.78 is 30.6. The van der Waals surface area contributed by atoms with E-state index >= 15 is 0 Å². The van der Waals surface area contributed by atoms with Crippen molar-refractivity contribution in [3.63, 3.8) is 0 Å². The minimum atomic E-state index is -0.551. The molecule has 3 atom stereocenters. The summed E-state index contributed by atoms with van der Waals surface area (Å²) in [6, 6.07) is 39.6. The third-order valence-electron chi connectivity index (χ3n) is 10.8. The van der Waals surface area contributed by atoms with Crippen LogP contribution in [0.3, 0.4) is 0 Å². The van der Waals surface area contributed by atoms with Gasteiger partial charge in [-0.2, -0.15) is 10.2 Å². The first-order valence-electron chi connectivity index (χ1n) is 21.3. The molecule has 5 rings (SSSR count). The minimum Gasteiger partial charge on any atom is -0.483 e. The molecule has 0 spiro atoms. The monoisotopic (exact) mass is 831 g/mol. The zero-order valence-electron chi connectivity index (χ0n) is 36.4. The highest BCUT2D eigenvalue weighted by Gasteiger charge is 2.28. The summed E-state index contributed by atoms with van der Waals surface area (Å²) in [5.41, 5.74) is 3.91. The third kappa shape index (κ3) is 13.4. The summed E-state index contributed by atoms with van der Waals surface area (Å²) in [6.07, 6.45) is 4.76. The molecule has 0 aliphatic rings. The zero-order valence-corrected chi connectivity index (χ0v) is 37.4. The average molecular weight is 832 g/mol. The van der Waals surface area contributed by atoms with E-state index in [0.717, 1.165) is 90.4 Å². The molecular weight excluding hydrogens is 770 g/mol. The zero-order chi connectivity index (χ0) is 42.8. The average Bonchev–Trinajstić information content (AvgIpc) is 3.28. The van der Waals surface area contributed by atoms with Crippen LogP contribution in [0.25, 0.3) is 0 Å². The highest BCUT2D eigenvalue weighted by Crippen LogP contribution is 2.36. The maximum absolute atomic E-state index is 11.7. The Kier molecular flexibility index (Phi) is 17.5. The molecule has 60 heavy (non-hydrogen) atoms. The molecule has 0 N–H and O–H groups in total. The highest BCUT2D eigenvalue weighted by atomic mass is 31.1. The van der Waals surface area contributed by atoms with Crippen LogP contribution in [0.5, 0.6) is 28.7 Å². The first-order valence-corrected chi connectivity index (χ1v) is 22.7. The van der Waals surface area contributed by atoms with E-state index in [9.17, 15) is 4.79 Å². The van der Waals surface area contributed by atoms with E-state index in [1.165, 1.54) is 5.69 Å². The lowest BCUT2D eigenvalue weighted by Crippen LogP contribution is -2.28. The molecule has 10 heteroatoms. The molecule has 0 aliphatic carbocycles. The Balaban J connectivity index is 1.09. The number of azo groups is 1. The molecule has 3 unspecified atom stereocenters. The van der Waals surface area contributed by atoms with Gasteiger partial charge in [-0.1, -0.05) is 45.0 Å². The van der Waals surface area contributed by atoms with E-state index in [-0.39, 0.29) is 5.97 Å². The molecule has 0 fully saturated rings. The van der Waals surface area contributed by atoms with Crippen molar-refractivity contribution < 1.29 is 28.5 Å². The lowest BCUT2D eigenvalue weighted by atomic mass is 9.93. The van der Waals surface area contributed by atoms with E-state index in [1.54, 1.807) is 0 Å². The SMILES string of the molecule is CCPCC(=O)OCCCCOC(C)(CC)c1ccc(Oc2ccc(OC(C)(CC)c3ccc(Oc4ccc(N=Nc5ccc(N(CC)CC)cc5)cc4)cc3)cc2)cc1. The second kappa shape index (κ2) is 22.9. The van der Waals surface area contributed by atoms with Crippen LogP contribution in [-0.4, -0.2) is 44.6 Å². The van der Waals surface area contributed by atoms with Gasteiger partial charge < -0.3 is 28.6 Å². The van der Waals surface area contributed by atoms with Gasteiger partial charge in [0.2, 0.25) is 0 Å². The molecule has 0 heterocycles. The van der Waals surface area contributed by atoms with E-state index in [0.29, 0.717) is 33.7 Å². The lowest BCUT2D eigenvalue weighted by molar-refractivity contribution is -0.140. The molecule has 0 saturated heterocycles. The largest absolute Gasteiger partial charge is 0.483 e. The molecule has 0 radical (unpaired) electrons. The minimum absolute atomic E-state index is 0.0985. The number of nitrogens with zero attached hydrogens (tertiary/aromatic N) is 3. The van der Waals surface area contributed by atoms with Crippen LogP contribution in [0.1, 0.15) is 85.3 Å². The Morgan fingerprint density at radius 2 is 1.00 bits per heavy atom. The molecule has 0 amide bonds. The van der Waals surface area contributed by atoms with Gasteiger partial charge in [-0.3, -0.25) is 4.79 Å². The number of esters is 1. The van der Waals surface area contributed by atoms with Crippen molar-refractivity contribution in [2.75, 3.05) is 43.5 Å². The van der Waals surface area contributed by atoms with Crippen molar-refractivity contribution in [2.24, 2.45) is 10.2 Å². The second-order valence-corrected chi connectivity index (χ2v) is 16.5. The number of anilines is 1. The first kappa shape index (κ1) is 45.8. The predicted molar refractivity (Wildman–Crippen MR) is 246 cm³/mol.